The number of hydrogen-bond acceptors (Lipinski definition) is 2. The summed E-state index contributed by atoms with van der Waals surface area (Å²) in [4.78, 5) is 11.7. The van der Waals surface area contributed by atoms with Crippen LogP contribution in [0.4, 0.5) is 13.6 Å². The molecule has 4 nitrogen and oxygen atoms in total. The number of hydrogen-bond donors (Lipinski definition) is 3. The molecule has 3 N–H and O–H groups in total. The topological polar surface area (TPSA) is 61.4 Å². The minimum absolute atomic E-state index is 0.0152. The highest BCUT2D eigenvalue weighted by atomic mass is 19.1. The van der Waals surface area contributed by atoms with Gasteiger partial charge in [-0.05, 0) is 44.2 Å². The zero-order chi connectivity index (χ0) is 15.2. The maximum absolute atomic E-state index is 13.4. The van der Waals surface area contributed by atoms with Crippen molar-refractivity contribution in [2.24, 2.45) is 0 Å². The van der Waals surface area contributed by atoms with Gasteiger partial charge >= 0.3 is 6.03 Å². The number of nitrogens with one attached hydrogen (secondary N) is 2. The molecule has 1 aliphatic carbocycles. The number of carbonyl (C=O) groups is 1. The van der Waals surface area contributed by atoms with Crippen molar-refractivity contribution in [3.8, 4) is 0 Å². The Morgan fingerprint density at radius 3 is 2.43 bits per heavy atom. The van der Waals surface area contributed by atoms with Crippen LogP contribution in [0, 0.1) is 11.6 Å². The molecule has 1 aromatic rings. The van der Waals surface area contributed by atoms with E-state index < -0.39 is 11.6 Å². The lowest BCUT2D eigenvalue weighted by molar-refractivity contribution is 0.117. The Hall–Kier alpha value is -1.69. The molecule has 0 aliphatic heterocycles. The van der Waals surface area contributed by atoms with Crippen LogP contribution in [-0.4, -0.2) is 29.8 Å². The van der Waals surface area contributed by atoms with Gasteiger partial charge in [0.25, 0.3) is 0 Å². The largest absolute Gasteiger partial charge is 0.393 e. The lowest BCUT2D eigenvalue weighted by Gasteiger charge is -2.26. The summed E-state index contributed by atoms with van der Waals surface area (Å²) in [6.45, 7) is 0.166. The standard InChI is InChI=1S/C15H20F2N2O2/c16-13-2-1-3-14(17)12(13)8-9-18-15(21)19-10-4-6-11(20)7-5-10/h1-3,10-11,20H,4-9H2,(H2,18,19,21). The Kier molecular flexibility index (Phi) is 5.50. The third-order valence-electron chi connectivity index (χ3n) is 3.75. The van der Waals surface area contributed by atoms with Gasteiger partial charge in [0, 0.05) is 18.2 Å². The van der Waals surface area contributed by atoms with Gasteiger partial charge in [-0.25, -0.2) is 13.6 Å². The Morgan fingerprint density at radius 2 is 1.81 bits per heavy atom. The summed E-state index contributed by atoms with van der Waals surface area (Å²) in [6, 6.07) is 3.43. The summed E-state index contributed by atoms with van der Waals surface area (Å²) in [6.07, 6.45) is 2.70. The van der Waals surface area contributed by atoms with Crippen molar-refractivity contribution in [3.05, 3.63) is 35.4 Å². The van der Waals surface area contributed by atoms with Crippen LogP contribution in [0.1, 0.15) is 31.2 Å². The summed E-state index contributed by atoms with van der Waals surface area (Å²) >= 11 is 0. The van der Waals surface area contributed by atoms with Crippen molar-refractivity contribution < 1.29 is 18.7 Å². The predicted octanol–water partition coefficient (Wildman–Crippen LogP) is 2.11. The van der Waals surface area contributed by atoms with Gasteiger partial charge < -0.3 is 15.7 Å². The molecular formula is C15H20F2N2O2. The third-order valence-corrected chi connectivity index (χ3v) is 3.75. The minimum atomic E-state index is -0.599. The lowest BCUT2D eigenvalue weighted by atomic mass is 9.93. The number of benzene rings is 1. The average Bonchev–Trinajstić information content (AvgIpc) is 2.45. The molecule has 2 amide bonds. The van der Waals surface area contributed by atoms with Crippen LogP contribution in [0.25, 0.3) is 0 Å². The number of rotatable bonds is 4. The van der Waals surface area contributed by atoms with E-state index in [1.54, 1.807) is 0 Å². The second-order valence-electron chi connectivity index (χ2n) is 5.36. The normalized spacial score (nSPS) is 21.9. The van der Waals surface area contributed by atoms with Gasteiger partial charge in [0.15, 0.2) is 0 Å². The average molecular weight is 298 g/mol. The van der Waals surface area contributed by atoms with Crippen molar-refractivity contribution in [1.29, 1.82) is 0 Å². The summed E-state index contributed by atoms with van der Waals surface area (Å²) < 4.78 is 26.8. The summed E-state index contributed by atoms with van der Waals surface area (Å²) in [5.74, 6) is -1.20. The molecule has 0 radical (unpaired) electrons. The fraction of sp³-hybridized carbons (Fsp3) is 0.533. The van der Waals surface area contributed by atoms with Crippen LogP contribution in [-0.2, 0) is 6.42 Å². The minimum Gasteiger partial charge on any atom is -0.393 e. The van der Waals surface area contributed by atoms with Crippen LogP contribution in [0.3, 0.4) is 0 Å². The van der Waals surface area contributed by atoms with E-state index in [9.17, 15) is 18.7 Å². The first kappa shape index (κ1) is 15.7. The van der Waals surface area contributed by atoms with Gasteiger partial charge in [-0.1, -0.05) is 6.07 Å². The monoisotopic (exact) mass is 298 g/mol. The van der Waals surface area contributed by atoms with Crippen molar-refractivity contribution in [3.63, 3.8) is 0 Å². The maximum Gasteiger partial charge on any atom is 0.315 e. The van der Waals surface area contributed by atoms with Crippen molar-refractivity contribution in [2.75, 3.05) is 6.54 Å². The van der Waals surface area contributed by atoms with Crippen LogP contribution < -0.4 is 10.6 Å². The van der Waals surface area contributed by atoms with E-state index in [1.807, 2.05) is 0 Å². The summed E-state index contributed by atoms with van der Waals surface area (Å²) in [5, 5.41) is 14.8. The Labute approximate surface area is 122 Å². The Balaban J connectivity index is 1.72. The third kappa shape index (κ3) is 4.67. The molecule has 1 aromatic carbocycles. The Bertz CT molecular complexity index is 468. The molecule has 1 saturated carbocycles. The number of halogens is 2. The van der Waals surface area contributed by atoms with E-state index in [2.05, 4.69) is 10.6 Å². The van der Waals surface area contributed by atoms with E-state index in [-0.39, 0.29) is 36.7 Å². The van der Waals surface area contributed by atoms with Crippen molar-refractivity contribution >= 4 is 6.03 Å². The highest BCUT2D eigenvalue weighted by Crippen LogP contribution is 2.18. The van der Waals surface area contributed by atoms with Gasteiger partial charge in [0.2, 0.25) is 0 Å². The zero-order valence-electron chi connectivity index (χ0n) is 11.7. The smallest absolute Gasteiger partial charge is 0.315 e. The van der Waals surface area contributed by atoms with Crippen LogP contribution in [0.5, 0.6) is 0 Å². The lowest BCUT2D eigenvalue weighted by Crippen LogP contribution is -2.44. The molecule has 0 atom stereocenters. The van der Waals surface area contributed by atoms with Crippen molar-refractivity contribution in [2.45, 2.75) is 44.2 Å². The number of amides is 2. The number of aliphatic hydroxyl groups excluding tert-OH is 1. The quantitative estimate of drug-likeness (QED) is 0.797. The molecule has 1 aliphatic rings. The summed E-state index contributed by atoms with van der Waals surface area (Å²) in [5.41, 5.74) is -0.0152. The molecule has 0 spiro atoms. The van der Waals surface area contributed by atoms with E-state index in [0.717, 1.165) is 12.8 Å². The van der Waals surface area contributed by atoms with Gasteiger partial charge in [-0.15, -0.1) is 0 Å². The molecule has 116 valence electrons. The number of urea groups is 1. The van der Waals surface area contributed by atoms with Gasteiger partial charge in [-0.3, -0.25) is 0 Å². The molecular weight excluding hydrogens is 278 g/mol. The van der Waals surface area contributed by atoms with Crippen LogP contribution in [0.15, 0.2) is 18.2 Å². The molecule has 6 heteroatoms. The molecule has 0 unspecified atom stereocenters. The van der Waals surface area contributed by atoms with E-state index in [0.29, 0.717) is 12.8 Å². The van der Waals surface area contributed by atoms with E-state index >= 15 is 0 Å². The molecule has 0 saturated heterocycles. The van der Waals surface area contributed by atoms with E-state index in [1.165, 1.54) is 18.2 Å². The predicted molar refractivity (Wildman–Crippen MR) is 74.9 cm³/mol. The fourth-order valence-corrected chi connectivity index (χ4v) is 2.53. The first-order chi connectivity index (χ1) is 10.1. The van der Waals surface area contributed by atoms with Crippen LogP contribution in [0.2, 0.25) is 0 Å². The van der Waals surface area contributed by atoms with Crippen molar-refractivity contribution in [1.82, 2.24) is 10.6 Å². The zero-order valence-corrected chi connectivity index (χ0v) is 11.7. The van der Waals surface area contributed by atoms with Gasteiger partial charge in [0.05, 0.1) is 6.10 Å². The molecule has 2 rings (SSSR count). The number of carbonyl (C=O) groups excluding carboxylic acids is 1. The molecule has 21 heavy (non-hydrogen) atoms. The van der Waals surface area contributed by atoms with Gasteiger partial charge in [0.1, 0.15) is 11.6 Å². The highest BCUT2D eigenvalue weighted by molar-refractivity contribution is 5.74. The summed E-state index contributed by atoms with van der Waals surface area (Å²) in [7, 11) is 0. The molecule has 0 aromatic heterocycles. The molecule has 1 fully saturated rings. The second kappa shape index (κ2) is 7.36. The maximum atomic E-state index is 13.4. The first-order valence-corrected chi connectivity index (χ1v) is 7.21. The molecule has 0 bridgehead atoms. The SMILES string of the molecule is O=C(NCCc1c(F)cccc1F)NC1CCC(O)CC1. The number of aliphatic hydroxyl groups is 1. The molecule has 0 heterocycles. The Morgan fingerprint density at radius 1 is 1.19 bits per heavy atom. The van der Waals surface area contributed by atoms with E-state index in [4.69, 9.17) is 0 Å². The van der Waals surface area contributed by atoms with Crippen LogP contribution >= 0.6 is 0 Å². The highest BCUT2D eigenvalue weighted by Gasteiger charge is 2.20. The first-order valence-electron chi connectivity index (χ1n) is 7.21. The second-order valence-corrected chi connectivity index (χ2v) is 5.36. The fourth-order valence-electron chi connectivity index (χ4n) is 2.53. The van der Waals surface area contributed by atoms with Gasteiger partial charge in [-0.2, -0.15) is 0 Å².